The molecule has 1 unspecified atom stereocenters. The van der Waals surface area contributed by atoms with Crippen molar-refractivity contribution in [3.05, 3.63) is 72.8 Å². The van der Waals surface area contributed by atoms with Crippen molar-refractivity contribution in [3.63, 3.8) is 0 Å². The van der Waals surface area contributed by atoms with Gasteiger partial charge in [-0.25, -0.2) is 0 Å². The molecule has 0 nitrogen and oxygen atoms in total. The molecule has 0 saturated heterocycles. The molecule has 0 aromatic heterocycles. The van der Waals surface area contributed by atoms with Gasteiger partial charge in [0.05, 0.1) is 0 Å². The lowest BCUT2D eigenvalue weighted by Gasteiger charge is -2.35. The van der Waals surface area contributed by atoms with Gasteiger partial charge in [0.15, 0.2) is 0 Å². The van der Waals surface area contributed by atoms with E-state index in [0.717, 1.165) is 11.8 Å². The van der Waals surface area contributed by atoms with Crippen LogP contribution in [-0.2, 0) is 0 Å². The molecule has 2 aromatic rings. The smallest absolute Gasteiger partial charge is 0.00790 e. The molecule has 0 aliphatic heterocycles. The minimum Gasteiger partial charge on any atom is -0.0848 e. The third-order valence-electron chi connectivity index (χ3n) is 6.73. The molecule has 0 N–H and O–H groups in total. The Kier molecular flexibility index (Phi) is 7.40. The van der Waals surface area contributed by atoms with Gasteiger partial charge in [-0.1, -0.05) is 111 Å². The standard InChI is InChI=1S/C27H35P/c1-5-13-23(14-6-1)21-22-27(24-15-7-2-8-16-24)28(25-17-9-3-10-18-25)26-19-11-4-12-20-26/h3-4,9-12,17-24,27H,1-2,5-8,13-16H2/b22-21+. The van der Waals surface area contributed by atoms with Crippen LogP contribution < -0.4 is 10.6 Å². The van der Waals surface area contributed by atoms with Gasteiger partial charge < -0.3 is 0 Å². The number of rotatable bonds is 6. The maximum atomic E-state index is 2.69. The minimum absolute atomic E-state index is 0.351. The first-order chi connectivity index (χ1) is 13.9. The zero-order valence-electron chi connectivity index (χ0n) is 17.2. The normalized spacial score (nSPS) is 20.6. The Labute approximate surface area is 173 Å². The lowest BCUT2D eigenvalue weighted by atomic mass is 9.85. The number of benzene rings is 2. The van der Waals surface area contributed by atoms with Gasteiger partial charge in [0.2, 0.25) is 0 Å². The molecule has 2 fully saturated rings. The Bertz CT molecular complexity index is 669. The molecule has 2 aliphatic carbocycles. The fourth-order valence-corrected chi connectivity index (χ4v) is 8.16. The average Bonchev–Trinajstić information content (AvgIpc) is 2.79. The number of hydrogen-bond acceptors (Lipinski definition) is 0. The molecular weight excluding hydrogens is 355 g/mol. The first-order valence-corrected chi connectivity index (χ1v) is 12.9. The van der Waals surface area contributed by atoms with Crippen molar-refractivity contribution < 1.29 is 0 Å². The van der Waals surface area contributed by atoms with Crippen molar-refractivity contribution >= 4 is 18.5 Å². The second kappa shape index (κ2) is 10.4. The highest BCUT2D eigenvalue weighted by Gasteiger charge is 2.31. The predicted molar refractivity (Wildman–Crippen MR) is 125 cm³/mol. The van der Waals surface area contributed by atoms with Crippen LogP contribution in [-0.4, -0.2) is 5.66 Å². The third kappa shape index (κ3) is 5.15. The lowest BCUT2D eigenvalue weighted by Crippen LogP contribution is -2.28. The zero-order valence-corrected chi connectivity index (χ0v) is 18.1. The quantitative estimate of drug-likeness (QED) is 0.361. The SMILES string of the molecule is C(=C\C(C1CCCCC1)P(c1ccccc1)c1ccccc1)/C1CCCCC1. The number of allylic oxidation sites excluding steroid dienone is 2. The fraction of sp³-hybridized carbons (Fsp3) is 0.481. The lowest BCUT2D eigenvalue weighted by molar-refractivity contribution is 0.364. The Balaban J connectivity index is 1.68. The van der Waals surface area contributed by atoms with Crippen molar-refractivity contribution in [2.75, 3.05) is 0 Å². The van der Waals surface area contributed by atoms with Gasteiger partial charge in [-0.15, -0.1) is 0 Å². The summed E-state index contributed by atoms with van der Waals surface area (Å²) in [6, 6.07) is 22.8. The molecule has 0 radical (unpaired) electrons. The summed E-state index contributed by atoms with van der Waals surface area (Å²) in [5, 5.41) is 3.10. The van der Waals surface area contributed by atoms with Crippen LogP contribution in [0.3, 0.4) is 0 Å². The highest BCUT2D eigenvalue weighted by atomic mass is 31.1. The molecule has 4 rings (SSSR count). The van der Waals surface area contributed by atoms with Crippen LogP contribution >= 0.6 is 7.92 Å². The van der Waals surface area contributed by atoms with Crippen LogP contribution in [0.25, 0.3) is 0 Å². The molecule has 28 heavy (non-hydrogen) atoms. The largest absolute Gasteiger partial charge is 0.0848 e. The molecular formula is C27H35P. The molecule has 2 aromatic carbocycles. The monoisotopic (exact) mass is 390 g/mol. The Morgan fingerprint density at radius 1 is 0.643 bits per heavy atom. The van der Waals surface area contributed by atoms with Gasteiger partial charge in [-0.2, -0.15) is 0 Å². The van der Waals surface area contributed by atoms with Crippen molar-refractivity contribution in [1.82, 2.24) is 0 Å². The van der Waals surface area contributed by atoms with E-state index in [9.17, 15) is 0 Å². The molecule has 0 bridgehead atoms. The van der Waals surface area contributed by atoms with Gasteiger partial charge in [0.25, 0.3) is 0 Å². The summed E-state index contributed by atoms with van der Waals surface area (Å²) in [6.45, 7) is 0. The van der Waals surface area contributed by atoms with Crippen LogP contribution in [0.15, 0.2) is 72.8 Å². The summed E-state index contributed by atoms with van der Waals surface area (Å²) >= 11 is 0. The topological polar surface area (TPSA) is 0 Å². The molecule has 0 spiro atoms. The zero-order chi connectivity index (χ0) is 19.0. The van der Waals surface area contributed by atoms with Crippen LogP contribution in [0.4, 0.5) is 0 Å². The van der Waals surface area contributed by atoms with Crippen molar-refractivity contribution in [3.8, 4) is 0 Å². The number of hydrogen-bond donors (Lipinski definition) is 0. The van der Waals surface area contributed by atoms with E-state index in [1.165, 1.54) is 64.2 Å². The summed E-state index contributed by atoms with van der Waals surface area (Å²) < 4.78 is 0. The maximum Gasteiger partial charge on any atom is 0.00790 e. The highest BCUT2D eigenvalue weighted by molar-refractivity contribution is 7.73. The maximum absolute atomic E-state index is 2.69. The van der Waals surface area contributed by atoms with Crippen molar-refractivity contribution in [2.24, 2.45) is 11.8 Å². The average molecular weight is 391 g/mol. The molecule has 2 saturated carbocycles. The molecule has 1 atom stereocenters. The Morgan fingerprint density at radius 3 is 1.68 bits per heavy atom. The van der Waals surface area contributed by atoms with E-state index in [0.29, 0.717) is 5.66 Å². The first-order valence-electron chi connectivity index (χ1n) is 11.5. The molecule has 1 heteroatoms. The summed E-state index contributed by atoms with van der Waals surface area (Å²) in [5.74, 6) is 1.67. The van der Waals surface area contributed by atoms with Gasteiger partial charge >= 0.3 is 0 Å². The molecule has 0 heterocycles. The Hall–Kier alpha value is -1.39. The Morgan fingerprint density at radius 2 is 1.14 bits per heavy atom. The molecule has 0 amide bonds. The molecule has 2 aliphatic rings. The van der Waals surface area contributed by atoms with Crippen molar-refractivity contribution in [2.45, 2.75) is 69.9 Å². The second-order valence-corrected chi connectivity index (χ2v) is 11.1. The minimum atomic E-state index is -0.351. The van der Waals surface area contributed by atoms with Gasteiger partial charge in [0.1, 0.15) is 0 Å². The highest BCUT2D eigenvalue weighted by Crippen LogP contribution is 2.48. The van der Waals surface area contributed by atoms with Gasteiger partial charge in [0, 0.05) is 5.66 Å². The fourth-order valence-electron chi connectivity index (χ4n) is 5.20. The summed E-state index contributed by atoms with van der Waals surface area (Å²) in [5.41, 5.74) is 0.682. The van der Waals surface area contributed by atoms with E-state index in [1.54, 1.807) is 10.6 Å². The van der Waals surface area contributed by atoms with Crippen molar-refractivity contribution in [1.29, 1.82) is 0 Å². The van der Waals surface area contributed by atoms with Gasteiger partial charge in [-0.3, -0.25) is 0 Å². The van der Waals surface area contributed by atoms with Crippen LogP contribution in [0.2, 0.25) is 0 Å². The summed E-state index contributed by atoms with van der Waals surface area (Å²) in [4.78, 5) is 0. The molecule has 148 valence electrons. The van der Waals surface area contributed by atoms with Crippen LogP contribution in [0, 0.1) is 11.8 Å². The predicted octanol–water partition coefficient (Wildman–Crippen LogP) is 7.20. The second-order valence-electron chi connectivity index (χ2n) is 8.71. The first kappa shape index (κ1) is 19.9. The van der Waals surface area contributed by atoms with E-state index < -0.39 is 0 Å². The van der Waals surface area contributed by atoms with E-state index in [1.807, 2.05) is 0 Å². The third-order valence-corrected chi connectivity index (χ3v) is 9.63. The van der Waals surface area contributed by atoms with Crippen LogP contribution in [0.1, 0.15) is 64.2 Å². The summed E-state index contributed by atoms with van der Waals surface area (Å²) in [7, 11) is -0.351. The van der Waals surface area contributed by atoms with Gasteiger partial charge in [-0.05, 0) is 56.0 Å². The summed E-state index contributed by atoms with van der Waals surface area (Å²) in [6.07, 6.45) is 19.5. The van der Waals surface area contributed by atoms with E-state index >= 15 is 0 Å². The van der Waals surface area contributed by atoms with Crippen LogP contribution in [0.5, 0.6) is 0 Å². The van der Waals surface area contributed by atoms with E-state index in [-0.39, 0.29) is 7.92 Å². The van der Waals surface area contributed by atoms with E-state index in [4.69, 9.17) is 0 Å². The van der Waals surface area contributed by atoms with E-state index in [2.05, 4.69) is 72.8 Å².